The summed E-state index contributed by atoms with van der Waals surface area (Å²) in [5.41, 5.74) is 0.644. The van der Waals surface area contributed by atoms with Gasteiger partial charge in [-0.15, -0.1) is 0 Å². The van der Waals surface area contributed by atoms with Gasteiger partial charge >= 0.3 is 5.97 Å². The Balaban J connectivity index is 2.74. The van der Waals surface area contributed by atoms with E-state index >= 15 is 0 Å². The number of nitrogens with zero attached hydrogens (tertiary/aromatic N) is 1. The number of carboxylic acid groups (broad SMARTS) is 1. The van der Waals surface area contributed by atoms with Crippen LogP contribution >= 0.6 is 0 Å². The summed E-state index contributed by atoms with van der Waals surface area (Å²) in [5, 5.41) is 20.6. The van der Waals surface area contributed by atoms with Crippen LogP contribution in [0.25, 0.3) is 0 Å². The molecule has 1 aromatic rings. The van der Waals surface area contributed by atoms with Crippen LogP contribution in [0.4, 0.5) is 4.39 Å². The summed E-state index contributed by atoms with van der Waals surface area (Å²) in [4.78, 5) is 11.0. The van der Waals surface area contributed by atoms with Crippen LogP contribution in [0.2, 0.25) is 0 Å². The lowest BCUT2D eigenvalue weighted by Gasteiger charge is -2.17. The predicted molar refractivity (Wildman–Crippen MR) is 64.2 cm³/mol. The Labute approximate surface area is 105 Å². The normalized spacial score (nSPS) is 12.2. The second kappa shape index (κ2) is 6.12. The third kappa shape index (κ3) is 3.54. The molecular weight excluding hydrogens is 235 g/mol. The molecule has 0 aliphatic carbocycles. The molecule has 1 unspecified atom stereocenters. The Hall–Kier alpha value is -1.93. The first kappa shape index (κ1) is 14.1. The summed E-state index contributed by atoms with van der Waals surface area (Å²) in [7, 11) is 0. The Morgan fingerprint density at radius 1 is 1.56 bits per heavy atom. The van der Waals surface area contributed by atoms with Crippen LogP contribution in [0, 0.1) is 23.1 Å². The number of rotatable bonds is 5. The van der Waals surface area contributed by atoms with Crippen molar-refractivity contribution in [3.05, 3.63) is 35.1 Å². The van der Waals surface area contributed by atoms with Gasteiger partial charge in [-0.25, -0.2) is 4.39 Å². The van der Waals surface area contributed by atoms with E-state index in [0.29, 0.717) is 5.56 Å². The molecule has 1 aromatic carbocycles. The van der Waals surface area contributed by atoms with E-state index < -0.39 is 17.8 Å². The summed E-state index contributed by atoms with van der Waals surface area (Å²) < 4.78 is 13.1. The van der Waals surface area contributed by atoms with Crippen LogP contribution in [0.3, 0.4) is 0 Å². The molecule has 0 saturated carbocycles. The number of carboxylic acids is 1. The van der Waals surface area contributed by atoms with Crippen molar-refractivity contribution >= 4 is 5.97 Å². The number of nitriles is 1. The average Bonchev–Trinajstić information content (AvgIpc) is 2.30. The van der Waals surface area contributed by atoms with Crippen molar-refractivity contribution < 1.29 is 14.3 Å². The van der Waals surface area contributed by atoms with Crippen LogP contribution in [0.5, 0.6) is 0 Å². The van der Waals surface area contributed by atoms with Gasteiger partial charge in [0.15, 0.2) is 0 Å². The molecule has 0 fully saturated rings. The minimum absolute atomic E-state index is 0.0364. The van der Waals surface area contributed by atoms with E-state index in [2.05, 4.69) is 5.32 Å². The zero-order valence-corrected chi connectivity index (χ0v) is 10.3. The van der Waals surface area contributed by atoms with Crippen molar-refractivity contribution in [2.24, 2.45) is 5.92 Å². The third-order valence-corrected chi connectivity index (χ3v) is 2.61. The molecule has 0 radical (unpaired) electrons. The molecule has 0 heterocycles. The van der Waals surface area contributed by atoms with E-state index in [9.17, 15) is 9.18 Å². The number of halogens is 1. The largest absolute Gasteiger partial charge is 0.480 e. The fourth-order valence-corrected chi connectivity index (χ4v) is 1.60. The molecule has 0 aliphatic heterocycles. The minimum Gasteiger partial charge on any atom is -0.480 e. The molecule has 0 saturated heterocycles. The van der Waals surface area contributed by atoms with Crippen molar-refractivity contribution in [2.45, 2.75) is 26.4 Å². The lowest BCUT2D eigenvalue weighted by molar-refractivity contribution is -0.140. The fourth-order valence-electron chi connectivity index (χ4n) is 1.60. The number of benzene rings is 1. The topological polar surface area (TPSA) is 73.1 Å². The Morgan fingerprint density at radius 2 is 2.22 bits per heavy atom. The van der Waals surface area contributed by atoms with Gasteiger partial charge in [0.25, 0.3) is 0 Å². The van der Waals surface area contributed by atoms with Crippen molar-refractivity contribution in [1.82, 2.24) is 5.32 Å². The van der Waals surface area contributed by atoms with Crippen molar-refractivity contribution in [1.29, 1.82) is 5.26 Å². The lowest BCUT2D eigenvalue weighted by Crippen LogP contribution is -2.40. The van der Waals surface area contributed by atoms with Crippen LogP contribution in [-0.2, 0) is 11.3 Å². The molecule has 18 heavy (non-hydrogen) atoms. The Morgan fingerprint density at radius 3 is 2.72 bits per heavy atom. The molecule has 1 atom stereocenters. The minimum atomic E-state index is -0.924. The SMILES string of the molecule is CC(C)C(NCc1ccc(F)c(C#N)c1)C(=O)O. The molecule has 5 heteroatoms. The van der Waals surface area contributed by atoms with E-state index in [1.807, 2.05) is 0 Å². The Kier molecular flexibility index (Phi) is 4.81. The Bertz CT molecular complexity index is 480. The summed E-state index contributed by atoms with van der Waals surface area (Å²) in [5.74, 6) is -1.55. The first-order valence-electron chi connectivity index (χ1n) is 5.60. The van der Waals surface area contributed by atoms with Gasteiger partial charge in [-0.05, 0) is 23.6 Å². The molecule has 0 spiro atoms. The van der Waals surface area contributed by atoms with Gasteiger partial charge in [-0.3, -0.25) is 4.79 Å². The second-order valence-electron chi connectivity index (χ2n) is 4.37. The smallest absolute Gasteiger partial charge is 0.320 e. The highest BCUT2D eigenvalue weighted by Crippen LogP contribution is 2.10. The van der Waals surface area contributed by atoms with Gasteiger partial charge in [-0.1, -0.05) is 19.9 Å². The molecule has 96 valence electrons. The first-order valence-corrected chi connectivity index (χ1v) is 5.60. The maximum atomic E-state index is 13.1. The summed E-state index contributed by atoms with van der Waals surface area (Å²) in [6.07, 6.45) is 0. The zero-order chi connectivity index (χ0) is 13.7. The highest BCUT2D eigenvalue weighted by atomic mass is 19.1. The molecule has 2 N–H and O–H groups in total. The lowest BCUT2D eigenvalue weighted by atomic mass is 10.0. The maximum absolute atomic E-state index is 13.1. The van der Waals surface area contributed by atoms with E-state index in [1.54, 1.807) is 19.9 Å². The third-order valence-electron chi connectivity index (χ3n) is 2.61. The van der Waals surface area contributed by atoms with Crippen LogP contribution in [0.15, 0.2) is 18.2 Å². The molecule has 0 aromatic heterocycles. The zero-order valence-electron chi connectivity index (χ0n) is 10.3. The van der Waals surface area contributed by atoms with Gasteiger partial charge in [-0.2, -0.15) is 5.26 Å². The molecule has 0 amide bonds. The van der Waals surface area contributed by atoms with Gasteiger partial charge < -0.3 is 10.4 Å². The van der Waals surface area contributed by atoms with Crippen LogP contribution < -0.4 is 5.32 Å². The fraction of sp³-hybridized carbons (Fsp3) is 0.385. The number of hydrogen-bond acceptors (Lipinski definition) is 3. The molecule has 0 aliphatic rings. The number of nitrogens with one attached hydrogen (secondary N) is 1. The maximum Gasteiger partial charge on any atom is 0.320 e. The number of hydrogen-bond donors (Lipinski definition) is 2. The summed E-state index contributed by atoms with van der Waals surface area (Å²) >= 11 is 0. The number of aliphatic carboxylic acids is 1. The van der Waals surface area contributed by atoms with Gasteiger partial charge in [0.05, 0.1) is 5.56 Å². The number of carbonyl (C=O) groups is 1. The molecular formula is C13H15FN2O2. The van der Waals surface area contributed by atoms with Gasteiger partial charge in [0.2, 0.25) is 0 Å². The van der Waals surface area contributed by atoms with Crippen molar-refractivity contribution in [2.75, 3.05) is 0 Å². The van der Waals surface area contributed by atoms with E-state index in [1.165, 1.54) is 18.2 Å². The molecule has 4 nitrogen and oxygen atoms in total. The van der Waals surface area contributed by atoms with Crippen molar-refractivity contribution in [3.8, 4) is 6.07 Å². The van der Waals surface area contributed by atoms with Crippen LogP contribution in [-0.4, -0.2) is 17.1 Å². The predicted octanol–water partition coefficient (Wildman–Crippen LogP) is 1.90. The van der Waals surface area contributed by atoms with Crippen LogP contribution in [0.1, 0.15) is 25.0 Å². The second-order valence-corrected chi connectivity index (χ2v) is 4.37. The standard InChI is InChI=1S/C13H15FN2O2/c1-8(2)12(13(17)18)16-7-9-3-4-11(14)10(5-9)6-15/h3-5,8,12,16H,7H2,1-2H3,(H,17,18). The molecule has 0 bridgehead atoms. The van der Waals surface area contributed by atoms with E-state index in [-0.39, 0.29) is 18.0 Å². The van der Waals surface area contributed by atoms with E-state index in [4.69, 9.17) is 10.4 Å². The average molecular weight is 250 g/mol. The molecule has 1 rings (SSSR count). The summed E-state index contributed by atoms with van der Waals surface area (Å²) in [6.45, 7) is 3.89. The van der Waals surface area contributed by atoms with Gasteiger partial charge in [0, 0.05) is 6.54 Å². The van der Waals surface area contributed by atoms with Crippen molar-refractivity contribution in [3.63, 3.8) is 0 Å². The van der Waals surface area contributed by atoms with Gasteiger partial charge in [0.1, 0.15) is 17.9 Å². The quantitative estimate of drug-likeness (QED) is 0.837. The summed E-state index contributed by atoms with van der Waals surface area (Å²) in [6, 6.07) is 5.24. The highest BCUT2D eigenvalue weighted by molar-refractivity contribution is 5.73. The van der Waals surface area contributed by atoms with E-state index in [0.717, 1.165) is 0 Å². The first-order chi connectivity index (χ1) is 8.45. The highest BCUT2D eigenvalue weighted by Gasteiger charge is 2.20. The monoisotopic (exact) mass is 250 g/mol.